The third-order valence-corrected chi connectivity index (χ3v) is 18.8. The van der Waals surface area contributed by atoms with Crippen LogP contribution < -0.4 is 64.1 Å². The molecule has 3 heterocycles. The van der Waals surface area contributed by atoms with E-state index in [1.807, 2.05) is 0 Å². The number of phenols is 1. The molecule has 105 heavy (non-hydrogen) atoms. The fraction of sp³-hybridized carbons (Fsp3) is 0.649. The smallest absolute Gasteiger partial charge is 0.334 e. The highest BCUT2D eigenvalue weighted by atomic mass is 16.5. The number of unbranched alkanes of at least 4 members (excludes halogenated alkanes) is 12. The van der Waals surface area contributed by atoms with Gasteiger partial charge in [-0.25, -0.2) is 4.79 Å². The third kappa shape index (κ3) is 31.5. The van der Waals surface area contributed by atoms with E-state index < -0.39 is 193 Å². The molecule has 31 heteroatoms. The summed E-state index contributed by atoms with van der Waals surface area (Å²) in [5, 5.41) is 64.0. The van der Waals surface area contributed by atoms with Crippen LogP contribution in [-0.4, -0.2) is 188 Å². The number of nitrogens with zero attached hydrogens (tertiary/aromatic N) is 1. The fourth-order valence-corrected chi connectivity index (χ4v) is 12.4. The van der Waals surface area contributed by atoms with Crippen molar-refractivity contribution in [3.05, 3.63) is 59.7 Å². The third-order valence-electron chi connectivity index (χ3n) is 18.8. The van der Waals surface area contributed by atoms with Crippen molar-refractivity contribution in [1.29, 1.82) is 0 Å². The Morgan fingerprint density at radius 2 is 1.11 bits per heavy atom. The summed E-state index contributed by atoms with van der Waals surface area (Å²) in [6.07, 6.45) is 9.07. The number of benzene rings is 2. The zero-order valence-corrected chi connectivity index (χ0v) is 61.6. The van der Waals surface area contributed by atoms with Gasteiger partial charge in [0, 0.05) is 45.1 Å². The maximum atomic E-state index is 14.9. The predicted molar refractivity (Wildman–Crippen MR) is 386 cm³/mol. The van der Waals surface area contributed by atoms with Crippen molar-refractivity contribution >= 4 is 82.9 Å². The average Bonchev–Trinajstić information content (AvgIpc) is 1.77. The number of amides is 11. The van der Waals surface area contributed by atoms with Crippen LogP contribution in [0.5, 0.6) is 11.5 Å². The molecule has 0 aromatic heterocycles. The average molecular weight is 1480 g/mol. The Morgan fingerprint density at radius 3 is 1.68 bits per heavy atom. The molecule has 3 aliphatic rings. The molecule has 1 saturated heterocycles. The summed E-state index contributed by atoms with van der Waals surface area (Å²) in [4.78, 5) is 196. The molecule has 5 rings (SSSR count). The summed E-state index contributed by atoms with van der Waals surface area (Å²) in [6.45, 7) is 9.79. The van der Waals surface area contributed by atoms with Gasteiger partial charge in [0.05, 0.1) is 6.10 Å². The van der Waals surface area contributed by atoms with Crippen LogP contribution in [-0.2, 0) is 80.0 Å². The number of carboxylic acids is 2. The standard InChI is InChI=1S/C74H114N12O19/c1-7-9-10-11-12-13-14-15-16-17-18-19-20-25-59(90)77-52(35-38-60(91)92)66(96)78-51(23-21-40-75)65(95)81-56-43-48-28-32-50(33-29-48)105-74(104)63(45(5)8-2)84-69(99)55(42-47-26-30-49(88)31-27-47)82-67(97)53(34-37-58(76)89)79-71(101)57-24-22-41-86(57)73(103)62(44(3)4)83-68(98)54(36-39-61(93)94)80-72(102)64(46(6)87)85-70(56)100/h26-33,44-46,51-57,62-64,87-88H,7-25,34-43,75H2,1-6H3,(H2,76,89)(H,77,90)(H,78,96)(H,79,101)(H,80,102)(H,81,95)(H,82,97)(H,83,98)(H,84,99)(H,85,100)(H,91,92)(H,93,94). The summed E-state index contributed by atoms with van der Waals surface area (Å²) in [6, 6.07) is -4.50. The maximum absolute atomic E-state index is 14.9. The van der Waals surface area contributed by atoms with Gasteiger partial charge in [-0.3, -0.25) is 62.3 Å². The number of phenolic OH excluding ortho intramolecular Hbond substituents is 1. The number of aliphatic carboxylic acids is 2. The molecule has 2 bridgehead atoms. The number of aliphatic hydroxyl groups excluding tert-OH is 1. The second-order valence-electron chi connectivity index (χ2n) is 27.9. The lowest BCUT2D eigenvalue weighted by atomic mass is 9.97. The molecular formula is C74H114N12O19. The number of nitrogens with two attached hydrogens (primary N) is 2. The molecule has 0 spiro atoms. The van der Waals surface area contributed by atoms with E-state index in [1.54, 1.807) is 27.7 Å². The van der Waals surface area contributed by atoms with Gasteiger partial charge in [-0.2, -0.15) is 0 Å². The van der Waals surface area contributed by atoms with Crippen LogP contribution in [0.25, 0.3) is 0 Å². The molecule has 0 aliphatic carbocycles. The largest absolute Gasteiger partial charge is 0.508 e. The number of hydrogen-bond acceptors (Lipinski definition) is 18. The van der Waals surface area contributed by atoms with E-state index in [0.717, 1.165) is 43.9 Å². The highest BCUT2D eigenvalue weighted by Crippen LogP contribution is 2.24. The molecule has 17 N–H and O–H groups in total. The van der Waals surface area contributed by atoms with Gasteiger partial charge >= 0.3 is 17.9 Å². The van der Waals surface area contributed by atoms with E-state index in [4.69, 9.17) is 16.2 Å². The van der Waals surface area contributed by atoms with Crippen molar-refractivity contribution in [3.8, 4) is 11.5 Å². The molecule has 0 saturated carbocycles. The zero-order valence-electron chi connectivity index (χ0n) is 61.6. The number of fused-ring (bicyclic) bond motifs is 23. The van der Waals surface area contributed by atoms with Crippen LogP contribution in [0.2, 0.25) is 0 Å². The number of hydrogen-bond donors (Lipinski definition) is 15. The van der Waals surface area contributed by atoms with Gasteiger partial charge in [0.25, 0.3) is 0 Å². The van der Waals surface area contributed by atoms with Crippen LogP contribution in [0, 0.1) is 11.8 Å². The molecule has 3 aliphatic heterocycles. The van der Waals surface area contributed by atoms with Gasteiger partial charge in [0.2, 0.25) is 65.0 Å². The topological polar surface area (TPSA) is 493 Å². The van der Waals surface area contributed by atoms with Gasteiger partial charge in [-0.1, -0.05) is 142 Å². The quantitative estimate of drug-likeness (QED) is 0.0200. The van der Waals surface area contributed by atoms with Gasteiger partial charge in [-0.05, 0) is 112 Å². The Kier molecular flexibility index (Phi) is 39.1. The van der Waals surface area contributed by atoms with E-state index in [-0.39, 0.29) is 81.5 Å². The normalized spacial score (nSPS) is 21.6. The number of ether oxygens (including phenoxy) is 1. The first-order valence-corrected chi connectivity index (χ1v) is 37.2. The Bertz CT molecular complexity index is 3210. The monoisotopic (exact) mass is 1470 g/mol. The van der Waals surface area contributed by atoms with Gasteiger partial charge in [-0.15, -0.1) is 0 Å². The van der Waals surface area contributed by atoms with E-state index in [9.17, 15) is 87.5 Å². The number of carboxylic acid groups (broad SMARTS) is 2. The summed E-state index contributed by atoms with van der Waals surface area (Å²) in [5.74, 6) is -15.5. The number of aliphatic hydroxyl groups is 1. The molecule has 31 nitrogen and oxygen atoms in total. The van der Waals surface area contributed by atoms with E-state index >= 15 is 0 Å². The van der Waals surface area contributed by atoms with Crippen molar-refractivity contribution in [2.24, 2.45) is 23.3 Å². The van der Waals surface area contributed by atoms with E-state index in [0.29, 0.717) is 18.4 Å². The zero-order chi connectivity index (χ0) is 77.7. The minimum absolute atomic E-state index is 0.00688. The molecule has 11 amide bonds. The number of rotatable bonds is 37. The van der Waals surface area contributed by atoms with Crippen LogP contribution in [0.15, 0.2) is 48.5 Å². The Hall–Kier alpha value is -9.26. The van der Waals surface area contributed by atoms with E-state index in [1.165, 1.54) is 93.5 Å². The molecule has 584 valence electrons. The number of aromatic hydroxyl groups is 1. The second-order valence-corrected chi connectivity index (χ2v) is 27.9. The Labute approximate surface area is 614 Å². The second kappa shape index (κ2) is 46.5. The van der Waals surface area contributed by atoms with E-state index in [2.05, 4.69) is 54.8 Å². The first-order valence-electron chi connectivity index (χ1n) is 37.2. The predicted octanol–water partition coefficient (Wildman–Crippen LogP) is 2.75. The van der Waals surface area contributed by atoms with Crippen molar-refractivity contribution in [2.75, 3.05) is 13.1 Å². The Balaban J connectivity index is 1.77. The van der Waals surface area contributed by atoms with Crippen LogP contribution in [0.3, 0.4) is 0 Å². The lowest BCUT2D eigenvalue weighted by molar-refractivity contribution is -0.144. The molecule has 1 fully saturated rings. The van der Waals surface area contributed by atoms with Crippen molar-refractivity contribution in [2.45, 2.75) is 281 Å². The highest BCUT2D eigenvalue weighted by Gasteiger charge is 2.42. The van der Waals surface area contributed by atoms with Crippen molar-refractivity contribution in [3.63, 3.8) is 0 Å². The molecule has 0 radical (unpaired) electrons. The molecule has 2 aromatic rings. The number of carbonyl (C=O) groups is 14. The van der Waals surface area contributed by atoms with Crippen molar-refractivity contribution < 1.29 is 92.3 Å². The summed E-state index contributed by atoms with van der Waals surface area (Å²) < 4.78 is 5.84. The molecule has 2 aromatic carbocycles. The number of carbonyl (C=O) groups excluding carboxylic acids is 12. The lowest BCUT2D eigenvalue weighted by Gasteiger charge is -2.32. The molecule has 12 atom stereocenters. The maximum Gasteiger partial charge on any atom is 0.334 e. The van der Waals surface area contributed by atoms with Gasteiger partial charge in [0.15, 0.2) is 0 Å². The van der Waals surface area contributed by atoms with Crippen molar-refractivity contribution in [1.82, 2.24) is 52.8 Å². The van der Waals surface area contributed by atoms with Crippen LogP contribution in [0.4, 0.5) is 0 Å². The lowest BCUT2D eigenvalue weighted by Crippen LogP contribution is -2.62. The number of nitrogens with one attached hydrogen (secondary N) is 9. The van der Waals surface area contributed by atoms with Gasteiger partial charge < -0.3 is 89.4 Å². The van der Waals surface area contributed by atoms with Crippen LogP contribution >= 0.6 is 0 Å². The fourth-order valence-electron chi connectivity index (χ4n) is 12.4. The minimum Gasteiger partial charge on any atom is -0.508 e. The summed E-state index contributed by atoms with van der Waals surface area (Å²) >= 11 is 0. The first kappa shape index (κ1) is 88.1. The number of esters is 1. The van der Waals surface area contributed by atoms with Crippen LogP contribution in [0.1, 0.15) is 213 Å². The minimum atomic E-state index is -1.97. The number of primary amides is 1. The summed E-state index contributed by atoms with van der Waals surface area (Å²) in [7, 11) is 0. The highest BCUT2D eigenvalue weighted by molar-refractivity contribution is 6.00. The molecule has 12 unspecified atom stereocenters. The molecular weight excluding hydrogens is 1360 g/mol. The SMILES string of the molecule is CCCCCCCCCCCCCCCC(=O)NC(CCC(=O)O)C(=O)NC(CCCN)C(=O)NC1Cc2ccc(cc2)OC(=O)C(C(C)CC)NC(=O)C(Cc2ccc(O)cc2)NC(=O)C(CCC(N)=O)NC(=O)C2CCCN2C(=O)C(C(C)C)NC(=O)C(CCC(=O)O)NC(=O)C(C(C)O)NC1=O. The summed E-state index contributed by atoms with van der Waals surface area (Å²) in [5.41, 5.74) is 12.1. The van der Waals surface area contributed by atoms with Gasteiger partial charge in [0.1, 0.15) is 71.9 Å². The Morgan fingerprint density at radius 1 is 0.581 bits per heavy atom. The first-order chi connectivity index (χ1) is 50.0.